The molecule has 120 valence electrons. The standard InChI is InChI=1S/C17H16F2N2O2/c1-11(18)15(22)20-8-7-17(9-20)10-21(16(23)12(2)19)14-6-4-3-5-13(14)17/h3-6H,1-2,7-10H2. The van der Waals surface area contributed by atoms with Gasteiger partial charge in [0.05, 0.1) is 0 Å². The average Bonchev–Trinajstić information content (AvgIpc) is 3.09. The molecule has 1 atom stereocenters. The smallest absolute Gasteiger partial charge is 0.286 e. The lowest BCUT2D eigenvalue weighted by atomic mass is 9.81. The molecule has 1 unspecified atom stereocenters. The number of halogens is 2. The molecule has 1 aromatic rings. The van der Waals surface area contributed by atoms with Crippen molar-refractivity contribution in [2.75, 3.05) is 24.5 Å². The maximum Gasteiger partial charge on any atom is 0.286 e. The highest BCUT2D eigenvalue weighted by molar-refractivity contribution is 6.05. The Balaban J connectivity index is 1.97. The topological polar surface area (TPSA) is 40.6 Å². The first-order chi connectivity index (χ1) is 10.9. The molecule has 0 N–H and O–H groups in total. The number of hydrogen-bond acceptors (Lipinski definition) is 2. The van der Waals surface area contributed by atoms with E-state index in [-0.39, 0.29) is 13.1 Å². The molecule has 2 aliphatic heterocycles. The molecule has 1 fully saturated rings. The van der Waals surface area contributed by atoms with E-state index >= 15 is 0 Å². The number of benzene rings is 1. The number of likely N-dealkylation sites (tertiary alicyclic amines) is 1. The number of anilines is 1. The molecule has 2 aliphatic rings. The summed E-state index contributed by atoms with van der Waals surface area (Å²) in [5, 5.41) is 0. The van der Waals surface area contributed by atoms with E-state index in [1.54, 1.807) is 12.1 Å². The molecule has 0 bridgehead atoms. The summed E-state index contributed by atoms with van der Waals surface area (Å²) < 4.78 is 26.4. The molecule has 1 spiro atoms. The number of carbonyl (C=O) groups is 2. The first kappa shape index (κ1) is 15.4. The molecule has 0 saturated carbocycles. The Labute approximate surface area is 132 Å². The van der Waals surface area contributed by atoms with Gasteiger partial charge in [-0.15, -0.1) is 0 Å². The number of rotatable bonds is 2. The highest BCUT2D eigenvalue weighted by Gasteiger charge is 2.50. The molecule has 23 heavy (non-hydrogen) atoms. The second-order valence-corrected chi connectivity index (χ2v) is 5.98. The molecule has 4 nitrogen and oxygen atoms in total. The zero-order chi connectivity index (χ0) is 16.8. The maximum absolute atomic E-state index is 13.3. The average molecular weight is 318 g/mol. The quantitative estimate of drug-likeness (QED) is 0.786. The molecule has 6 heteroatoms. The Morgan fingerprint density at radius 3 is 2.35 bits per heavy atom. The van der Waals surface area contributed by atoms with Gasteiger partial charge in [0.1, 0.15) is 0 Å². The zero-order valence-electron chi connectivity index (χ0n) is 12.5. The molecule has 3 rings (SSSR count). The van der Waals surface area contributed by atoms with E-state index in [1.807, 2.05) is 12.1 Å². The van der Waals surface area contributed by atoms with Crippen molar-refractivity contribution in [1.29, 1.82) is 0 Å². The number of nitrogens with zero attached hydrogens (tertiary/aromatic N) is 2. The molecular formula is C17H16F2N2O2. The van der Waals surface area contributed by atoms with Gasteiger partial charge in [-0.25, -0.2) is 8.78 Å². The maximum atomic E-state index is 13.3. The van der Waals surface area contributed by atoms with Crippen molar-refractivity contribution in [3.8, 4) is 0 Å². The summed E-state index contributed by atoms with van der Waals surface area (Å²) in [7, 11) is 0. The van der Waals surface area contributed by atoms with Gasteiger partial charge < -0.3 is 9.80 Å². The summed E-state index contributed by atoms with van der Waals surface area (Å²) >= 11 is 0. The number of amides is 2. The van der Waals surface area contributed by atoms with Gasteiger partial charge in [-0.05, 0) is 18.1 Å². The highest BCUT2D eigenvalue weighted by Crippen LogP contribution is 2.46. The molecule has 0 radical (unpaired) electrons. The Hall–Kier alpha value is -2.50. The number of carbonyl (C=O) groups excluding carboxylic acids is 2. The monoisotopic (exact) mass is 318 g/mol. The van der Waals surface area contributed by atoms with Gasteiger partial charge in [0, 0.05) is 30.7 Å². The summed E-state index contributed by atoms with van der Waals surface area (Å²) in [6.07, 6.45) is 0.575. The minimum atomic E-state index is -1.03. The second kappa shape index (κ2) is 5.30. The van der Waals surface area contributed by atoms with Crippen LogP contribution in [0.4, 0.5) is 14.5 Å². The van der Waals surface area contributed by atoms with Crippen LogP contribution in [0.25, 0.3) is 0 Å². The fourth-order valence-corrected chi connectivity index (χ4v) is 3.52. The summed E-state index contributed by atoms with van der Waals surface area (Å²) in [4.78, 5) is 26.6. The summed E-state index contributed by atoms with van der Waals surface area (Å²) in [6.45, 7) is 7.00. The molecule has 2 heterocycles. The Morgan fingerprint density at radius 1 is 1.04 bits per heavy atom. The van der Waals surface area contributed by atoms with Crippen LogP contribution >= 0.6 is 0 Å². The van der Waals surface area contributed by atoms with Gasteiger partial charge in [-0.2, -0.15) is 0 Å². The van der Waals surface area contributed by atoms with Crippen molar-refractivity contribution >= 4 is 17.5 Å². The van der Waals surface area contributed by atoms with Crippen LogP contribution in [0.5, 0.6) is 0 Å². The highest BCUT2D eigenvalue weighted by atomic mass is 19.1. The first-order valence-corrected chi connectivity index (χ1v) is 7.25. The van der Waals surface area contributed by atoms with Crippen molar-refractivity contribution < 1.29 is 18.4 Å². The Bertz CT molecular complexity index is 731. The van der Waals surface area contributed by atoms with Gasteiger partial charge in [-0.3, -0.25) is 9.59 Å². The van der Waals surface area contributed by atoms with E-state index < -0.39 is 28.9 Å². The van der Waals surface area contributed by atoms with Crippen molar-refractivity contribution in [2.45, 2.75) is 11.8 Å². The number of fused-ring (bicyclic) bond motifs is 2. The third kappa shape index (κ3) is 2.34. The van der Waals surface area contributed by atoms with Crippen LogP contribution in [-0.4, -0.2) is 36.3 Å². The lowest BCUT2D eigenvalue weighted by molar-refractivity contribution is -0.127. The van der Waals surface area contributed by atoms with Gasteiger partial charge in [0.15, 0.2) is 11.7 Å². The van der Waals surface area contributed by atoms with E-state index in [0.29, 0.717) is 18.7 Å². The predicted molar refractivity (Wildman–Crippen MR) is 82.2 cm³/mol. The Morgan fingerprint density at radius 2 is 1.70 bits per heavy atom. The third-order valence-corrected chi connectivity index (χ3v) is 4.58. The van der Waals surface area contributed by atoms with E-state index in [0.717, 1.165) is 5.56 Å². The van der Waals surface area contributed by atoms with Crippen molar-refractivity contribution in [3.05, 3.63) is 54.6 Å². The molecular weight excluding hydrogens is 302 g/mol. The first-order valence-electron chi connectivity index (χ1n) is 7.25. The van der Waals surface area contributed by atoms with Crippen LogP contribution in [0.15, 0.2) is 49.1 Å². The molecule has 1 saturated heterocycles. The predicted octanol–water partition coefficient (Wildman–Crippen LogP) is 2.47. The fraction of sp³-hybridized carbons (Fsp3) is 0.294. The molecule has 1 aromatic carbocycles. The second-order valence-electron chi connectivity index (χ2n) is 5.98. The van der Waals surface area contributed by atoms with E-state index in [1.165, 1.54) is 9.80 Å². The van der Waals surface area contributed by atoms with Crippen molar-refractivity contribution in [2.24, 2.45) is 0 Å². The minimum Gasteiger partial charge on any atom is -0.336 e. The lowest BCUT2D eigenvalue weighted by Crippen LogP contribution is -2.40. The van der Waals surface area contributed by atoms with Crippen LogP contribution < -0.4 is 4.90 Å². The summed E-state index contributed by atoms with van der Waals surface area (Å²) in [6, 6.07) is 7.20. The van der Waals surface area contributed by atoms with E-state index in [9.17, 15) is 18.4 Å². The molecule has 0 aliphatic carbocycles. The van der Waals surface area contributed by atoms with Gasteiger partial charge >= 0.3 is 0 Å². The lowest BCUT2D eigenvalue weighted by Gasteiger charge is -2.25. The normalized spacial score (nSPS) is 22.3. The van der Waals surface area contributed by atoms with Crippen LogP contribution in [0.3, 0.4) is 0 Å². The SMILES string of the molecule is C=C(F)C(=O)N1CCC2(C1)CN(C(=O)C(=C)F)c1ccccc12. The fourth-order valence-electron chi connectivity index (χ4n) is 3.52. The van der Waals surface area contributed by atoms with Crippen LogP contribution in [0.2, 0.25) is 0 Å². The van der Waals surface area contributed by atoms with Crippen molar-refractivity contribution in [1.82, 2.24) is 4.90 Å². The van der Waals surface area contributed by atoms with Gasteiger partial charge in [0.25, 0.3) is 11.8 Å². The van der Waals surface area contributed by atoms with E-state index in [4.69, 9.17) is 0 Å². The molecule has 0 aromatic heterocycles. The van der Waals surface area contributed by atoms with Crippen LogP contribution in [0, 0.1) is 0 Å². The largest absolute Gasteiger partial charge is 0.336 e. The van der Waals surface area contributed by atoms with Gasteiger partial charge in [-0.1, -0.05) is 31.4 Å². The van der Waals surface area contributed by atoms with Crippen molar-refractivity contribution in [3.63, 3.8) is 0 Å². The third-order valence-electron chi connectivity index (χ3n) is 4.58. The number of hydrogen-bond donors (Lipinski definition) is 0. The van der Waals surface area contributed by atoms with Crippen LogP contribution in [-0.2, 0) is 15.0 Å². The number of para-hydroxylation sites is 1. The van der Waals surface area contributed by atoms with E-state index in [2.05, 4.69) is 13.2 Å². The minimum absolute atomic E-state index is 0.247. The zero-order valence-corrected chi connectivity index (χ0v) is 12.5. The Kier molecular flexibility index (Phi) is 3.55. The summed E-state index contributed by atoms with van der Waals surface area (Å²) in [5.74, 6) is -3.55. The van der Waals surface area contributed by atoms with Crippen LogP contribution in [0.1, 0.15) is 12.0 Å². The summed E-state index contributed by atoms with van der Waals surface area (Å²) in [5.41, 5.74) is 0.978. The molecule has 2 amide bonds. The van der Waals surface area contributed by atoms with Gasteiger partial charge in [0.2, 0.25) is 0 Å².